The maximum Gasteiger partial charge on any atom is 0.190 e. The quantitative estimate of drug-likeness (QED) is 0.758. The molecule has 0 aromatic rings. The summed E-state index contributed by atoms with van der Waals surface area (Å²) < 4.78 is 0. The Kier molecular flexibility index (Phi) is 4.34. The molecule has 0 aromatic heterocycles. The van der Waals surface area contributed by atoms with E-state index in [1.807, 2.05) is 13.8 Å². The summed E-state index contributed by atoms with van der Waals surface area (Å²) in [5.41, 5.74) is -1.68. The second kappa shape index (κ2) is 6.09. The lowest BCUT2D eigenvalue weighted by Crippen LogP contribution is -2.62. The minimum absolute atomic E-state index is 0.0594. The molecule has 0 radical (unpaired) electrons. The van der Waals surface area contributed by atoms with Crippen molar-refractivity contribution in [1.29, 1.82) is 0 Å². The van der Waals surface area contributed by atoms with Crippen molar-refractivity contribution in [2.24, 2.45) is 40.4 Å². The molecule has 5 nitrogen and oxygen atoms in total. The molecule has 3 fully saturated rings. The van der Waals surface area contributed by atoms with Gasteiger partial charge in [0.1, 0.15) is 18.0 Å². The standard InChI is InChI=1S/C23H32O5/c1-12-7-15-17-8-13(2)23(28,19(27)11-24)22(17,4)10-18(26)20(15)21(3)6-5-14(25)9-16(12)21/h9,12-13,15,17,20,24,28H,5-8,10-11H2,1-4H3/t12-,13+,15-,17-,20+,21-,22-,23-/m0/s1. The summed E-state index contributed by atoms with van der Waals surface area (Å²) in [6, 6.07) is 0. The van der Waals surface area contributed by atoms with Crippen molar-refractivity contribution >= 4 is 17.3 Å². The summed E-state index contributed by atoms with van der Waals surface area (Å²) in [7, 11) is 0. The number of hydrogen-bond acceptors (Lipinski definition) is 5. The first-order valence-electron chi connectivity index (χ1n) is 10.6. The third kappa shape index (κ3) is 2.23. The zero-order valence-electron chi connectivity index (χ0n) is 17.3. The van der Waals surface area contributed by atoms with Crippen molar-refractivity contribution in [1.82, 2.24) is 0 Å². The number of aliphatic hydroxyl groups excluding tert-OH is 1. The van der Waals surface area contributed by atoms with Crippen molar-refractivity contribution in [3.63, 3.8) is 0 Å². The zero-order valence-corrected chi connectivity index (χ0v) is 17.3. The van der Waals surface area contributed by atoms with E-state index in [4.69, 9.17) is 0 Å². The molecular weight excluding hydrogens is 356 g/mol. The molecule has 4 aliphatic rings. The number of carbonyl (C=O) groups excluding carboxylic acids is 3. The number of aliphatic hydroxyl groups is 2. The predicted molar refractivity (Wildman–Crippen MR) is 103 cm³/mol. The summed E-state index contributed by atoms with van der Waals surface area (Å²) in [5.74, 6) is -0.372. The number of Topliss-reactive ketones (excluding diaryl/α,β-unsaturated/α-hetero) is 2. The fraction of sp³-hybridized carbons (Fsp3) is 0.783. The highest BCUT2D eigenvalue weighted by atomic mass is 16.3. The Hall–Kier alpha value is -1.33. The van der Waals surface area contributed by atoms with Gasteiger partial charge < -0.3 is 10.2 Å². The van der Waals surface area contributed by atoms with Crippen molar-refractivity contribution in [2.45, 2.75) is 65.4 Å². The molecule has 0 bridgehead atoms. The summed E-state index contributed by atoms with van der Waals surface area (Å²) in [4.78, 5) is 38.2. The number of hydrogen-bond donors (Lipinski definition) is 2. The first-order valence-corrected chi connectivity index (χ1v) is 10.6. The Bertz CT molecular complexity index is 784. The van der Waals surface area contributed by atoms with Crippen LogP contribution in [-0.2, 0) is 14.4 Å². The maximum atomic E-state index is 13.5. The molecule has 154 valence electrons. The van der Waals surface area contributed by atoms with E-state index in [9.17, 15) is 24.6 Å². The molecular formula is C23H32O5. The highest BCUT2D eigenvalue weighted by molar-refractivity contribution is 5.94. The van der Waals surface area contributed by atoms with Gasteiger partial charge in [0.2, 0.25) is 0 Å². The average Bonchev–Trinajstić information content (AvgIpc) is 2.83. The highest BCUT2D eigenvalue weighted by Crippen LogP contribution is 2.68. The Morgan fingerprint density at radius 2 is 1.89 bits per heavy atom. The van der Waals surface area contributed by atoms with E-state index in [1.165, 1.54) is 0 Å². The Balaban J connectivity index is 1.81. The largest absolute Gasteiger partial charge is 0.388 e. The zero-order chi connectivity index (χ0) is 20.6. The molecule has 0 amide bonds. The van der Waals surface area contributed by atoms with E-state index in [1.54, 1.807) is 6.08 Å². The maximum absolute atomic E-state index is 13.5. The Labute approximate surface area is 166 Å². The second-order valence-corrected chi connectivity index (χ2v) is 10.4. The molecule has 8 atom stereocenters. The molecule has 0 saturated heterocycles. The molecule has 0 spiro atoms. The third-order valence-corrected chi connectivity index (χ3v) is 9.12. The van der Waals surface area contributed by atoms with Gasteiger partial charge in [-0.05, 0) is 54.4 Å². The summed E-state index contributed by atoms with van der Waals surface area (Å²) in [6.07, 6.45) is 4.63. The van der Waals surface area contributed by atoms with Crippen LogP contribution in [0.2, 0.25) is 0 Å². The van der Waals surface area contributed by atoms with Crippen LogP contribution in [0.25, 0.3) is 0 Å². The van der Waals surface area contributed by atoms with Crippen LogP contribution in [0.3, 0.4) is 0 Å². The van der Waals surface area contributed by atoms with E-state index in [-0.39, 0.29) is 53.0 Å². The van der Waals surface area contributed by atoms with Crippen LogP contribution in [0.15, 0.2) is 11.6 Å². The normalized spacial score (nSPS) is 50.5. The molecule has 0 aromatic carbocycles. The van der Waals surface area contributed by atoms with Crippen LogP contribution in [0.5, 0.6) is 0 Å². The minimum Gasteiger partial charge on any atom is -0.388 e. The van der Waals surface area contributed by atoms with Gasteiger partial charge in [-0.1, -0.05) is 33.3 Å². The van der Waals surface area contributed by atoms with Gasteiger partial charge in [-0.3, -0.25) is 14.4 Å². The molecule has 28 heavy (non-hydrogen) atoms. The van der Waals surface area contributed by atoms with Gasteiger partial charge in [-0.15, -0.1) is 0 Å². The van der Waals surface area contributed by atoms with Gasteiger partial charge in [0.05, 0.1) is 0 Å². The van der Waals surface area contributed by atoms with Crippen molar-refractivity contribution in [3.8, 4) is 0 Å². The topological polar surface area (TPSA) is 91.7 Å². The lowest BCUT2D eigenvalue weighted by atomic mass is 9.44. The smallest absolute Gasteiger partial charge is 0.190 e. The van der Waals surface area contributed by atoms with Crippen LogP contribution in [0.4, 0.5) is 0 Å². The van der Waals surface area contributed by atoms with Crippen LogP contribution in [0, 0.1) is 40.4 Å². The van der Waals surface area contributed by atoms with Crippen molar-refractivity contribution in [2.75, 3.05) is 6.61 Å². The van der Waals surface area contributed by atoms with Gasteiger partial charge in [-0.25, -0.2) is 0 Å². The van der Waals surface area contributed by atoms with Gasteiger partial charge >= 0.3 is 0 Å². The number of rotatable bonds is 2. The van der Waals surface area contributed by atoms with Crippen molar-refractivity contribution in [3.05, 3.63) is 11.6 Å². The summed E-state index contributed by atoms with van der Waals surface area (Å²) in [5, 5.41) is 21.0. The van der Waals surface area contributed by atoms with Gasteiger partial charge in [-0.2, -0.15) is 0 Å². The summed E-state index contributed by atoms with van der Waals surface area (Å²) in [6.45, 7) is 7.33. The lowest BCUT2D eigenvalue weighted by Gasteiger charge is -2.59. The first kappa shape index (κ1) is 20.0. The molecule has 2 N–H and O–H groups in total. The van der Waals surface area contributed by atoms with Crippen LogP contribution >= 0.6 is 0 Å². The predicted octanol–water partition coefficient (Wildman–Crippen LogP) is 2.48. The van der Waals surface area contributed by atoms with Crippen LogP contribution in [0.1, 0.15) is 59.8 Å². The van der Waals surface area contributed by atoms with Crippen molar-refractivity contribution < 1.29 is 24.6 Å². The number of fused-ring (bicyclic) bond motifs is 5. The average molecular weight is 389 g/mol. The van der Waals surface area contributed by atoms with Gasteiger partial charge in [0.25, 0.3) is 0 Å². The van der Waals surface area contributed by atoms with E-state index < -0.39 is 23.4 Å². The molecule has 5 heteroatoms. The molecule has 0 heterocycles. The van der Waals surface area contributed by atoms with E-state index in [0.29, 0.717) is 19.3 Å². The summed E-state index contributed by atoms with van der Waals surface area (Å²) >= 11 is 0. The van der Waals surface area contributed by atoms with E-state index in [2.05, 4.69) is 13.8 Å². The Morgan fingerprint density at radius 1 is 1.21 bits per heavy atom. The minimum atomic E-state index is -1.66. The SMILES string of the molecule is C[C@@H]1C[C@H]2[C@@H]3C[C@H](C)C4=CC(=O)CC[C@]4(C)[C@H]3C(=O)C[C@]2(C)[C@@]1(O)C(=O)CO. The molecule has 0 aliphatic heterocycles. The van der Waals surface area contributed by atoms with E-state index >= 15 is 0 Å². The molecule has 3 saturated carbocycles. The molecule has 4 rings (SSSR count). The van der Waals surface area contributed by atoms with Gasteiger partial charge in [0, 0.05) is 24.2 Å². The first-order chi connectivity index (χ1) is 13.0. The van der Waals surface area contributed by atoms with E-state index in [0.717, 1.165) is 12.0 Å². The second-order valence-electron chi connectivity index (χ2n) is 10.4. The third-order valence-electron chi connectivity index (χ3n) is 9.12. The fourth-order valence-corrected chi connectivity index (χ4v) is 7.87. The number of carbonyl (C=O) groups is 3. The van der Waals surface area contributed by atoms with Gasteiger partial charge in [0.15, 0.2) is 11.6 Å². The molecule has 4 aliphatic carbocycles. The lowest BCUT2D eigenvalue weighted by molar-refractivity contribution is -0.175. The molecule has 0 unspecified atom stereocenters. The number of ketones is 3. The highest BCUT2D eigenvalue weighted by Gasteiger charge is 2.71. The monoisotopic (exact) mass is 388 g/mol. The van der Waals surface area contributed by atoms with Crippen LogP contribution < -0.4 is 0 Å². The van der Waals surface area contributed by atoms with Crippen LogP contribution in [-0.4, -0.2) is 39.8 Å². The fourth-order valence-electron chi connectivity index (χ4n) is 7.87. The number of allylic oxidation sites excluding steroid dienone is 1. The Morgan fingerprint density at radius 3 is 2.54 bits per heavy atom.